The van der Waals surface area contributed by atoms with Crippen molar-refractivity contribution in [3.63, 3.8) is 0 Å². The summed E-state index contributed by atoms with van der Waals surface area (Å²) < 4.78 is 0.560. The Morgan fingerprint density at radius 3 is 2.85 bits per heavy atom. The second kappa shape index (κ2) is 3.33. The van der Waals surface area contributed by atoms with Crippen LogP contribution in [0.3, 0.4) is 0 Å². The summed E-state index contributed by atoms with van der Waals surface area (Å²) in [6, 6.07) is 0.651. The molecule has 0 aromatic rings. The van der Waals surface area contributed by atoms with E-state index in [4.69, 9.17) is 4.84 Å². The highest BCUT2D eigenvalue weighted by Gasteiger charge is 2.49. The van der Waals surface area contributed by atoms with Crippen molar-refractivity contribution in [2.45, 2.75) is 29.4 Å². The predicted molar refractivity (Wildman–Crippen MR) is 57.9 cm³/mol. The van der Waals surface area contributed by atoms with E-state index in [0.29, 0.717) is 10.1 Å². The molecule has 1 saturated carbocycles. The monoisotopic (exact) mass is 217 g/mol. The SMILES string of the molecule is C1CSC2(C[C@@H]3CON[C@@H]3C2)SC1. The average Bonchev–Trinajstić information content (AvgIpc) is 2.64. The maximum Gasteiger partial charge on any atom is 0.0727 e. The Morgan fingerprint density at radius 1 is 1.23 bits per heavy atom. The number of rotatable bonds is 0. The van der Waals surface area contributed by atoms with Crippen LogP contribution >= 0.6 is 23.5 Å². The maximum atomic E-state index is 5.28. The number of hydroxylamine groups is 1. The van der Waals surface area contributed by atoms with Gasteiger partial charge in [-0.2, -0.15) is 5.48 Å². The van der Waals surface area contributed by atoms with Crippen LogP contribution in [0.4, 0.5) is 0 Å². The molecule has 2 aliphatic heterocycles. The first-order chi connectivity index (χ1) is 6.38. The van der Waals surface area contributed by atoms with Crippen LogP contribution in [0.5, 0.6) is 0 Å². The van der Waals surface area contributed by atoms with Gasteiger partial charge in [-0.25, -0.2) is 0 Å². The molecule has 0 amide bonds. The van der Waals surface area contributed by atoms with E-state index in [9.17, 15) is 0 Å². The van der Waals surface area contributed by atoms with Crippen LogP contribution in [0.2, 0.25) is 0 Å². The average molecular weight is 217 g/mol. The molecule has 13 heavy (non-hydrogen) atoms. The van der Waals surface area contributed by atoms with Crippen molar-refractivity contribution in [1.29, 1.82) is 0 Å². The Bertz CT molecular complexity index is 192. The molecule has 0 aromatic carbocycles. The standard InChI is InChI=1S/C9H15NOS2/c1-2-12-9(13-3-1)4-7-6-11-10-8(7)5-9/h7-8,10H,1-6H2/t7-,8-/m1/s1. The first kappa shape index (κ1) is 8.89. The van der Waals surface area contributed by atoms with Crippen molar-refractivity contribution in [3.8, 4) is 0 Å². The number of thioether (sulfide) groups is 2. The van der Waals surface area contributed by atoms with Crippen molar-refractivity contribution in [1.82, 2.24) is 5.48 Å². The Kier molecular flexibility index (Phi) is 2.28. The van der Waals surface area contributed by atoms with Crippen LogP contribution < -0.4 is 5.48 Å². The Morgan fingerprint density at radius 2 is 2.08 bits per heavy atom. The van der Waals surface area contributed by atoms with E-state index in [2.05, 4.69) is 29.0 Å². The largest absolute Gasteiger partial charge is 0.301 e. The van der Waals surface area contributed by atoms with Crippen LogP contribution in [0.15, 0.2) is 0 Å². The molecule has 2 atom stereocenters. The summed E-state index contributed by atoms with van der Waals surface area (Å²) in [5, 5.41) is 0. The van der Waals surface area contributed by atoms with Crippen molar-refractivity contribution in [3.05, 3.63) is 0 Å². The molecule has 0 bridgehead atoms. The third-order valence-electron chi connectivity index (χ3n) is 3.22. The second-order valence-electron chi connectivity index (χ2n) is 4.16. The zero-order valence-corrected chi connectivity index (χ0v) is 9.26. The third-order valence-corrected chi connectivity index (χ3v) is 6.64. The van der Waals surface area contributed by atoms with Gasteiger partial charge in [-0.15, -0.1) is 23.5 Å². The molecule has 1 aliphatic carbocycles. The molecule has 0 aromatic heterocycles. The third kappa shape index (κ3) is 1.52. The summed E-state index contributed by atoms with van der Waals surface area (Å²) in [7, 11) is 0. The second-order valence-corrected chi connectivity index (χ2v) is 7.38. The molecule has 3 rings (SSSR count). The van der Waals surface area contributed by atoms with Crippen LogP contribution in [0.1, 0.15) is 19.3 Å². The molecule has 2 saturated heterocycles. The molecule has 1 N–H and O–H groups in total. The topological polar surface area (TPSA) is 21.3 Å². The van der Waals surface area contributed by atoms with Gasteiger partial charge in [-0.3, -0.25) is 0 Å². The Labute approximate surface area is 87.5 Å². The molecule has 2 nitrogen and oxygen atoms in total. The Hall–Kier alpha value is 0.620. The van der Waals surface area contributed by atoms with Gasteiger partial charge in [-0.05, 0) is 30.8 Å². The first-order valence-electron chi connectivity index (χ1n) is 5.03. The molecule has 74 valence electrons. The van der Waals surface area contributed by atoms with E-state index in [1.807, 2.05) is 0 Å². The lowest BCUT2D eigenvalue weighted by Gasteiger charge is -2.32. The van der Waals surface area contributed by atoms with Crippen LogP contribution in [0, 0.1) is 5.92 Å². The highest BCUT2D eigenvalue weighted by Crippen LogP contribution is 2.55. The van der Waals surface area contributed by atoms with Crippen LogP contribution in [-0.4, -0.2) is 28.2 Å². The summed E-state index contributed by atoms with van der Waals surface area (Å²) in [5.41, 5.74) is 3.16. The minimum atomic E-state index is 0.560. The van der Waals surface area contributed by atoms with E-state index in [-0.39, 0.29) is 0 Å². The minimum absolute atomic E-state index is 0.560. The van der Waals surface area contributed by atoms with Crippen molar-refractivity contribution < 1.29 is 4.84 Å². The predicted octanol–water partition coefficient (Wildman–Crippen LogP) is 1.87. The summed E-state index contributed by atoms with van der Waals surface area (Å²) in [4.78, 5) is 5.28. The van der Waals surface area contributed by atoms with Gasteiger partial charge in [0.2, 0.25) is 0 Å². The fourth-order valence-electron chi connectivity index (χ4n) is 2.55. The summed E-state index contributed by atoms with van der Waals surface area (Å²) >= 11 is 4.39. The van der Waals surface area contributed by atoms with E-state index in [1.54, 1.807) is 0 Å². The van der Waals surface area contributed by atoms with E-state index in [0.717, 1.165) is 12.5 Å². The highest BCUT2D eigenvalue weighted by molar-refractivity contribution is 8.18. The maximum absolute atomic E-state index is 5.28. The zero-order valence-electron chi connectivity index (χ0n) is 7.62. The molecule has 3 fully saturated rings. The van der Waals surface area contributed by atoms with Gasteiger partial charge in [0.05, 0.1) is 10.7 Å². The summed E-state index contributed by atoms with van der Waals surface area (Å²) in [6.45, 7) is 0.938. The lowest BCUT2D eigenvalue weighted by Crippen LogP contribution is -2.27. The fraction of sp³-hybridized carbons (Fsp3) is 1.00. The minimum Gasteiger partial charge on any atom is -0.301 e. The quantitative estimate of drug-likeness (QED) is 0.668. The fourth-order valence-corrected chi connectivity index (χ4v) is 6.15. The smallest absolute Gasteiger partial charge is 0.0727 e. The van der Waals surface area contributed by atoms with Crippen molar-refractivity contribution in [2.24, 2.45) is 5.92 Å². The number of nitrogens with one attached hydrogen (secondary N) is 1. The van der Waals surface area contributed by atoms with E-state index >= 15 is 0 Å². The Balaban J connectivity index is 1.73. The van der Waals surface area contributed by atoms with E-state index < -0.39 is 0 Å². The number of fused-ring (bicyclic) bond motifs is 1. The molecule has 0 unspecified atom stereocenters. The molecule has 1 spiro atoms. The molecule has 0 radical (unpaired) electrons. The van der Waals surface area contributed by atoms with Crippen LogP contribution in [0.25, 0.3) is 0 Å². The van der Waals surface area contributed by atoms with Gasteiger partial charge in [-0.1, -0.05) is 0 Å². The van der Waals surface area contributed by atoms with Gasteiger partial charge in [0.1, 0.15) is 0 Å². The molecule has 2 heterocycles. The van der Waals surface area contributed by atoms with Gasteiger partial charge < -0.3 is 4.84 Å². The molecule has 3 aliphatic rings. The summed E-state index contributed by atoms with van der Waals surface area (Å²) in [6.07, 6.45) is 4.07. The lowest BCUT2D eigenvalue weighted by atomic mass is 10.1. The molecular weight excluding hydrogens is 202 g/mol. The van der Waals surface area contributed by atoms with Crippen LogP contribution in [-0.2, 0) is 4.84 Å². The molecular formula is C9H15NOS2. The highest BCUT2D eigenvalue weighted by atomic mass is 32.2. The summed E-state index contributed by atoms with van der Waals surface area (Å²) in [5.74, 6) is 3.53. The van der Waals surface area contributed by atoms with Gasteiger partial charge in [0, 0.05) is 12.0 Å². The van der Waals surface area contributed by atoms with E-state index in [1.165, 1.54) is 30.8 Å². The number of hydrogen-bond donors (Lipinski definition) is 1. The van der Waals surface area contributed by atoms with Gasteiger partial charge in [0.15, 0.2) is 0 Å². The first-order valence-corrected chi connectivity index (χ1v) is 7.00. The lowest BCUT2D eigenvalue weighted by molar-refractivity contribution is 0.0810. The van der Waals surface area contributed by atoms with Crippen molar-refractivity contribution in [2.75, 3.05) is 18.1 Å². The van der Waals surface area contributed by atoms with Gasteiger partial charge >= 0.3 is 0 Å². The van der Waals surface area contributed by atoms with Gasteiger partial charge in [0.25, 0.3) is 0 Å². The number of hydrogen-bond acceptors (Lipinski definition) is 4. The van der Waals surface area contributed by atoms with Crippen molar-refractivity contribution >= 4 is 23.5 Å². The zero-order chi connectivity index (χ0) is 8.73. The normalized spacial score (nSPS) is 42.5. The molecule has 4 heteroatoms.